The molecule has 0 bridgehead atoms. The first-order valence-corrected chi connectivity index (χ1v) is 6.65. The second kappa shape index (κ2) is 5.33. The number of benzene rings is 2. The number of phenols is 2. The Labute approximate surface area is 126 Å². The van der Waals surface area contributed by atoms with Crippen LogP contribution < -0.4 is 0 Å². The standard InChI is InChI=1S/C18H12O4/c19-12-3-1-11(2-4-12)15-7-5-13(20)9-16(15)17-10-14(21)6-8-18(17)22/h1-10,19-20H. The van der Waals surface area contributed by atoms with Crippen LogP contribution in [-0.2, 0) is 9.59 Å². The summed E-state index contributed by atoms with van der Waals surface area (Å²) in [4.78, 5) is 23.6. The molecular weight excluding hydrogens is 280 g/mol. The van der Waals surface area contributed by atoms with Crippen LogP contribution in [0.3, 0.4) is 0 Å². The van der Waals surface area contributed by atoms with Crippen LogP contribution in [0.2, 0.25) is 0 Å². The van der Waals surface area contributed by atoms with Crippen molar-refractivity contribution in [2.75, 3.05) is 0 Å². The van der Waals surface area contributed by atoms with E-state index in [1.807, 2.05) is 0 Å². The van der Waals surface area contributed by atoms with E-state index in [1.165, 1.54) is 42.5 Å². The highest BCUT2D eigenvalue weighted by molar-refractivity contribution is 6.34. The van der Waals surface area contributed by atoms with Crippen molar-refractivity contribution in [3.63, 3.8) is 0 Å². The third-order valence-electron chi connectivity index (χ3n) is 3.42. The second-order valence-corrected chi connectivity index (χ2v) is 4.93. The summed E-state index contributed by atoms with van der Waals surface area (Å²) in [6.45, 7) is 0. The van der Waals surface area contributed by atoms with E-state index in [2.05, 4.69) is 0 Å². The van der Waals surface area contributed by atoms with Gasteiger partial charge in [0.1, 0.15) is 11.5 Å². The molecule has 2 N–H and O–H groups in total. The van der Waals surface area contributed by atoms with Gasteiger partial charge in [0.05, 0.1) is 0 Å². The molecule has 0 atom stereocenters. The Morgan fingerprint density at radius 2 is 1.41 bits per heavy atom. The summed E-state index contributed by atoms with van der Waals surface area (Å²) in [6, 6.07) is 11.1. The third-order valence-corrected chi connectivity index (χ3v) is 3.42. The minimum atomic E-state index is -0.287. The van der Waals surface area contributed by atoms with Gasteiger partial charge >= 0.3 is 0 Å². The zero-order chi connectivity index (χ0) is 15.7. The summed E-state index contributed by atoms with van der Waals surface area (Å²) in [6.07, 6.45) is 3.71. The summed E-state index contributed by atoms with van der Waals surface area (Å²) in [5.41, 5.74) is 2.18. The lowest BCUT2D eigenvalue weighted by atomic mass is 9.89. The molecule has 0 heterocycles. The summed E-state index contributed by atoms with van der Waals surface area (Å²) in [5, 5.41) is 19.1. The number of allylic oxidation sites excluding steroid dienone is 4. The Balaban J connectivity index is 2.19. The maximum atomic E-state index is 12.1. The van der Waals surface area contributed by atoms with Crippen molar-refractivity contribution in [2.24, 2.45) is 0 Å². The maximum absolute atomic E-state index is 12.1. The zero-order valence-corrected chi connectivity index (χ0v) is 11.5. The molecule has 0 unspecified atom stereocenters. The molecule has 0 radical (unpaired) electrons. The lowest BCUT2D eigenvalue weighted by Crippen LogP contribution is -2.07. The smallest absolute Gasteiger partial charge is 0.186 e. The third kappa shape index (κ3) is 2.54. The Morgan fingerprint density at radius 3 is 2.14 bits per heavy atom. The Kier molecular flexibility index (Phi) is 3.35. The maximum Gasteiger partial charge on any atom is 0.186 e. The molecule has 3 rings (SSSR count). The number of hydrogen-bond donors (Lipinski definition) is 2. The Hall–Kier alpha value is -3.14. The van der Waals surface area contributed by atoms with Gasteiger partial charge in [-0.05, 0) is 59.2 Å². The Bertz CT molecular complexity index is 827. The van der Waals surface area contributed by atoms with Gasteiger partial charge in [-0.3, -0.25) is 9.59 Å². The summed E-state index contributed by atoms with van der Waals surface area (Å²) < 4.78 is 0. The zero-order valence-electron chi connectivity index (χ0n) is 11.5. The van der Waals surface area contributed by atoms with Gasteiger partial charge in [0.2, 0.25) is 0 Å². The minimum absolute atomic E-state index is 0.00762. The van der Waals surface area contributed by atoms with Crippen molar-refractivity contribution in [1.29, 1.82) is 0 Å². The highest BCUT2D eigenvalue weighted by atomic mass is 16.3. The number of carbonyl (C=O) groups is 2. The average Bonchev–Trinajstić information content (AvgIpc) is 2.51. The van der Waals surface area contributed by atoms with Crippen molar-refractivity contribution in [1.82, 2.24) is 0 Å². The molecule has 0 aromatic heterocycles. The molecular formula is C18H12O4. The van der Waals surface area contributed by atoms with Gasteiger partial charge in [0, 0.05) is 5.57 Å². The van der Waals surface area contributed by atoms with E-state index < -0.39 is 0 Å². The van der Waals surface area contributed by atoms with Gasteiger partial charge in [0.25, 0.3) is 0 Å². The van der Waals surface area contributed by atoms with E-state index in [9.17, 15) is 19.8 Å². The molecule has 108 valence electrons. The molecule has 0 saturated heterocycles. The molecule has 0 fully saturated rings. The van der Waals surface area contributed by atoms with Crippen LogP contribution in [0.25, 0.3) is 16.7 Å². The molecule has 4 heteroatoms. The highest BCUT2D eigenvalue weighted by Gasteiger charge is 2.19. The van der Waals surface area contributed by atoms with Crippen molar-refractivity contribution in [3.8, 4) is 22.6 Å². The molecule has 0 amide bonds. The predicted octanol–water partition coefficient (Wildman–Crippen LogP) is 2.86. The SMILES string of the molecule is O=C1C=CC(=O)C(c2cc(O)ccc2-c2ccc(O)cc2)=C1. The van der Waals surface area contributed by atoms with Gasteiger partial charge < -0.3 is 10.2 Å². The number of ketones is 2. The molecule has 0 spiro atoms. The first-order chi connectivity index (χ1) is 10.5. The van der Waals surface area contributed by atoms with Crippen molar-refractivity contribution in [2.45, 2.75) is 0 Å². The first-order valence-electron chi connectivity index (χ1n) is 6.65. The number of carbonyl (C=O) groups excluding carboxylic acids is 2. The predicted molar refractivity (Wildman–Crippen MR) is 82.3 cm³/mol. The van der Waals surface area contributed by atoms with E-state index >= 15 is 0 Å². The van der Waals surface area contributed by atoms with E-state index in [-0.39, 0.29) is 28.6 Å². The number of aromatic hydroxyl groups is 2. The first kappa shape index (κ1) is 13.8. The van der Waals surface area contributed by atoms with Crippen LogP contribution >= 0.6 is 0 Å². The van der Waals surface area contributed by atoms with Crippen molar-refractivity contribution >= 4 is 17.1 Å². The van der Waals surface area contributed by atoms with E-state index in [0.717, 1.165) is 5.56 Å². The fraction of sp³-hybridized carbons (Fsp3) is 0. The van der Waals surface area contributed by atoms with Crippen LogP contribution in [-0.4, -0.2) is 21.8 Å². The van der Waals surface area contributed by atoms with Gasteiger partial charge in [-0.1, -0.05) is 18.2 Å². The highest BCUT2D eigenvalue weighted by Crippen LogP contribution is 2.34. The molecule has 22 heavy (non-hydrogen) atoms. The lowest BCUT2D eigenvalue weighted by molar-refractivity contribution is -0.113. The summed E-state index contributed by atoms with van der Waals surface area (Å²) >= 11 is 0. The molecule has 0 saturated carbocycles. The van der Waals surface area contributed by atoms with Crippen LogP contribution in [0.1, 0.15) is 5.56 Å². The van der Waals surface area contributed by atoms with Crippen LogP contribution in [0, 0.1) is 0 Å². The summed E-state index contributed by atoms with van der Waals surface area (Å²) in [7, 11) is 0. The van der Waals surface area contributed by atoms with Crippen LogP contribution in [0.4, 0.5) is 0 Å². The lowest BCUT2D eigenvalue weighted by Gasteiger charge is -2.13. The molecule has 0 aliphatic heterocycles. The fourth-order valence-corrected chi connectivity index (χ4v) is 2.37. The number of rotatable bonds is 2. The average molecular weight is 292 g/mol. The van der Waals surface area contributed by atoms with Gasteiger partial charge in [0.15, 0.2) is 11.6 Å². The van der Waals surface area contributed by atoms with Gasteiger partial charge in [-0.2, -0.15) is 0 Å². The quantitative estimate of drug-likeness (QED) is 0.835. The normalized spacial score (nSPS) is 14.1. The Morgan fingerprint density at radius 1 is 0.727 bits per heavy atom. The second-order valence-electron chi connectivity index (χ2n) is 4.93. The molecule has 1 aliphatic rings. The number of hydrogen-bond acceptors (Lipinski definition) is 4. The van der Waals surface area contributed by atoms with Crippen molar-refractivity contribution < 1.29 is 19.8 Å². The van der Waals surface area contributed by atoms with Crippen molar-refractivity contribution in [3.05, 3.63) is 66.3 Å². The number of phenolic OH excluding ortho intramolecular Hbond substituents is 2. The van der Waals surface area contributed by atoms with Crippen LogP contribution in [0.15, 0.2) is 60.7 Å². The van der Waals surface area contributed by atoms with E-state index in [4.69, 9.17) is 0 Å². The minimum Gasteiger partial charge on any atom is -0.508 e. The largest absolute Gasteiger partial charge is 0.508 e. The van der Waals surface area contributed by atoms with E-state index in [1.54, 1.807) is 18.2 Å². The molecule has 2 aromatic carbocycles. The van der Waals surface area contributed by atoms with Crippen LogP contribution in [0.5, 0.6) is 11.5 Å². The van der Waals surface area contributed by atoms with Gasteiger partial charge in [-0.15, -0.1) is 0 Å². The summed E-state index contributed by atoms with van der Waals surface area (Å²) in [5.74, 6) is -0.414. The van der Waals surface area contributed by atoms with E-state index in [0.29, 0.717) is 11.1 Å². The fourth-order valence-electron chi connectivity index (χ4n) is 2.37. The molecule has 2 aromatic rings. The van der Waals surface area contributed by atoms with Gasteiger partial charge in [-0.25, -0.2) is 0 Å². The topological polar surface area (TPSA) is 74.6 Å². The molecule has 4 nitrogen and oxygen atoms in total. The monoisotopic (exact) mass is 292 g/mol. The molecule has 1 aliphatic carbocycles.